The van der Waals surface area contributed by atoms with Crippen LogP contribution < -0.4 is 5.32 Å². The number of nitrogens with zero attached hydrogens (tertiary/aromatic N) is 1. The van der Waals surface area contributed by atoms with Crippen LogP contribution in [0.15, 0.2) is 73.1 Å². The normalized spacial score (nSPS) is 10.7. The van der Waals surface area contributed by atoms with E-state index in [-0.39, 0.29) is 5.91 Å². The Morgan fingerprint density at radius 2 is 1.75 bits per heavy atom. The second kappa shape index (κ2) is 9.02. The Kier molecular flexibility index (Phi) is 5.99. The van der Waals surface area contributed by atoms with Gasteiger partial charge in [0.15, 0.2) is 0 Å². The van der Waals surface area contributed by atoms with Gasteiger partial charge in [-0.05, 0) is 55.7 Å². The molecule has 1 heterocycles. The van der Waals surface area contributed by atoms with Crippen molar-refractivity contribution >= 4 is 28.3 Å². The molecule has 160 valence electrons. The molecule has 1 aromatic heterocycles. The number of aromatic nitrogens is 1. The number of anilines is 1. The van der Waals surface area contributed by atoms with Gasteiger partial charge >= 0.3 is 5.97 Å². The van der Waals surface area contributed by atoms with Gasteiger partial charge in [-0.1, -0.05) is 48.0 Å². The summed E-state index contributed by atoms with van der Waals surface area (Å²) in [5.41, 5.74) is 5.63. The van der Waals surface area contributed by atoms with E-state index in [1.807, 2.05) is 50.2 Å². The van der Waals surface area contributed by atoms with Gasteiger partial charge in [0, 0.05) is 22.5 Å². The molecule has 0 aliphatic carbocycles. The van der Waals surface area contributed by atoms with Gasteiger partial charge < -0.3 is 10.1 Å². The SMILES string of the molecule is CCOC(=O)c1ccc2cncc(NC(=O)c3cc(-c4cccc(C)c4)ccc3C)c2c1. The van der Waals surface area contributed by atoms with Gasteiger partial charge in [0.05, 0.1) is 24.1 Å². The van der Waals surface area contributed by atoms with Crippen molar-refractivity contribution in [2.24, 2.45) is 0 Å². The fourth-order valence-corrected chi connectivity index (χ4v) is 3.67. The highest BCUT2D eigenvalue weighted by Crippen LogP contribution is 2.27. The lowest BCUT2D eigenvalue weighted by Crippen LogP contribution is -2.14. The van der Waals surface area contributed by atoms with E-state index in [4.69, 9.17) is 4.74 Å². The molecule has 0 aliphatic rings. The van der Waals surface area contributed by atoms with Crippen LogP contribution in [0.4, 0.5) is 5.69 Å². The summed E-state index contributed by atoms with van der Waals surface area (Å²) in [7, 11) is 0. The Morgan fingerprint density at radius 1 is 0.938 bits per heavy atom. The number of carbonyl (C=O) groups excluding carboxylic acids is 2. The van der Waals surface area contributed by atoms with Gasteiger partial charge in [0.2, 0.25) is 0 Å². The van der Waals surface area contributed by atoms with Crippen LogP contribution >= 0.6 is 0 Å². The molecule has 1 amide bonds. The molecule has 0 atom stereocenters. The lowest BCUT2D eigenvalue weighted by molar-refractivity contribution is 0.0526. The number of carbonyl (C=O) groups is 2. The zero-order valence-corrected chi connectivity index (χ0v) is 18.3. The number of ether oxygens (including phenoxy) is 1. The zero-order chi connectivity index (χ0) is 22.7. The van der Waals surface area contributed by atoms with Gasteiger partial charge in [0.1, 0.15) is 0 Å². The number of rotatable bonds is 5. The number of pyridine rings is 1. The predicted molar refractivity (Wildman–Crippen MR) is 127 cm³/mol. The number of amides is 1. The number of aryl methyl sites for hydroxylation is 2. The van der Waals surface area contributed by atoms with Gasteiger partial charge in [-0.3, -0.25) is 9.78 Å². The molecule has 4 rings (SSSR count). The molecule has 1 N–H and O–H groups in total. The highest BCUT2D eigenvalue weighted by Gasteiger charge is 2.15. The average molecular weight is 425 g/mol. The van der Waals surface area contributed by atoms with Crippen molar-refractivity contribution in [3.63, 3.8) is 0 Å². The van der Waals surface area contributed by atoms with Crippen LogP contribution in [0.5, 0.6) is 0 Å². The van der Waals surface area contributed by atoms with Gasteiger partial charge in [-0.25, -0.2) is 4.79 Å². The Bertz CT molecular complexity index is 1330. The number of benzene rings is 3. The van der Waals surface area contributed by atoms with Crippen molar-refractivity contribution in [1.29, 1.82) is 0 Å². The number of fused-ring (bicyclic) bond motifs is 1. The first kappa shape index (κ1) is 21.2. The van der Waals surface area contributed by atoms with Crippen molar-refractivity contribution in [1.82, 2.24) is 4.98 Å². The molecule has 0 unspecified atom stereocenters. The van der Waals surface area contributed by atoms with Gasteiger partial charge in [0.25, 0.3) is 5.91 Å². The predicted octanol–water partition coefficient (Wildman–Crippen LogP) is 5.95. The summed E-state index contributed by atoms with van der Waals surface area (Å²) >= 11 is 0. The minimum absolute atomic E-state index is 0.229. The van der Waals surface area contributed by atoms with Crippen LogP contribution in [0.25, 0.3) is 21.9 Å². The molecular formula is C27H24N2O3. The first-order valence-electron chi connectivity index (χ1n) is 10.5. The lowest BCUT2D eigenvalue weighted by Gasteiger charge is -2.12. The number of hydrogen-bond donors (Lipinski definition) is 1. The minimum atomic E-state index is -0.398. The summed E-state index contributed by atoms with van der Waals surface area (Å²) in [6, 6.07) is 19.3. The van der Waals surface area contributed by atoms with E-state index < -0.39 is 5.97 Å². The van der Waals surface area contributed by atoms with Crippen LogP contribution in [0, 0.1) is 13.8 Å². The highest BCUT2D eigenvalue weighted by molar-refractivity contribution is 6.10. The number of esters is 1. The highest BCUT2D eigenvalue weighted by atomic mass is 16.5. The molecule has 0 radical (unpaired) electrons. The molecule has 3 aromatic carbocycles. The van der Waals surface area contributed by atoms with Crippen molar-refractivity contribution in [2.75, 3.05) is 11.9 Å². The molecule has 4 aromatic rings. The summed E-state index contributed by atoms with van der Waals surface area (Å²) in [5, 5.41) is 4.53. The van der Waals surface area contributed by atoms with Crippen molar-refractivity contribution < 1.29 is 14.3 Å². The lowest BCUT2D eigenvalue weighted by atomic mass is 9.98. The van der Waals surface area contributed by atoms with Crippen molar-refractivity contribution in [3.05, 3.63) is 95.3 Å². The smallest absolute Gasteiger partial charge is 0.338 e. The van der Waals surface area contributed by atoms with E-state index in [1.54, 1.807) is 37.5 Å². The Balaban J connectivity index is 1.69. The molecular weight excluding hydrogens is 400 g/mol. The maximum absolute atomic E-state index is 13.2. The van der Waals surface area contributed by atoms with E-state index in [0.717, 1.165) is 33.0 Å². The fraction of sp³-hybridized carbons (Fsp3) is 0.148. The zero-order valence-electron chi connectivity index (χ0n) is 18.3. The van der Waals surface area contributed by atoms with Crippen molar-refractivity contribution in [3.8, 4) is 11.1 Å². The molecule has 0 spiro atoms. The Hall–Kier alpha value is -3.99. The summed E-state index contributed by atoms with van der Waals surface area (Å²) in [6.45, 7) is 6.02. The molecule has 5 nitrogen and oxygen atoms in total. The third-order valence-corrected chi connectivity index (χ3v) is 5.35. The quantitative estimate of drug-likeness (QED) is 0.402. The molecule has 0 saturated heterocycles. The van der Waals surface area contributed by atoms with Gasteiger partial charge in [-0.2, -0.15) is 0 Å². The van der Waals surface area contributed by atoms with Gasteiger partial charge in [-0.15, -0.1) is 0 Å². The fourth-order valence-electron chi connectivity index (χ4n) is 3.67. The van der Waals surface area contributed by atoms with E-state index in [0.29, 0.717) is 23.4 Å². The van der Waals surface area contributed by atoms with E-state index in [2.05, 4.69) is 16.4 Å². The third-order valence-electron chi connectivity index (χ3n) is 5.35. The monoisotopic (exact) mass is 424 g/mol. The largest absolute Gasteiger partial charge is 0.462 e. The molecule has 0 saturated carbocycles. The third kappa shape index (κ3) is 4.37. The first-order chi connectivity index (χ1) is 15.5. The van der Waals surface area contributed by atoms with E-state index in [1.165, 1.54) is 0 Å². The maximum atomic E-state index is 13.2. The number of hydrogen-bond acceptors (Lipinski definition) is 4. The van der Waals surface area contributed by atoms with Crippen LogP contribution in [-0.4, -0.2) is 23.5 Å². The molecule has 32 heavy (non-hydrogen) atoms. The summed E-state index contributed by atoms with van der Waals surface area (Å²) in [6.07, 6.45) is 3.29. The van der Waals surface area contributed by atoms with Crippen LogP contribution in [0.3, 0.4) is 0 Å². The summed E-state index contributed by atoms with van der Waals surface area (Å²) in [4.78, 5) is 29.6. The second-order valence-electron chi connectivity index (χ2n) is 7.70. The average Bonchev–Trinajstić information content (AvgIpc) is 2.79. The van der Waals surface area contributed by atoms with Crippen LogP contribution in [-0.2, 0) is 4.74 Å². The standard InChI is InChI=1S/C27H24N2O3/c1-4-32-27(31)21-10-11-22-15-28-16-25(24(22)14-21)29-26(30)23-13-20(9-8-18(23)3)19-7-5-6-17(2)12-19/h5-16H,4H2,1-3H3,(H,29,30). The van der Waals surface area contributed by atoms with E-state index in [9.17, 15) is 9.59 Å². The minimum Gasteiger partial charge on any atom is -0.462 e. The Labute approximate surface area is 187 Å². The van der Waals surface area contributed by atoms with Crippen LogP contribution in [0.2, 0.25) is 0 Å². The number of nitrogens with one attached hydrogen (secondary N) is 1. The first-order valence-corrected chi connectivity index (χ1v) is 10.5. The topological polar surface area (TPSA) is 68.3 Å². The molecule has 0 fully saturated rings. The maximum Gasteiger partial charge on any atom is 0.338 e. The Morgan fingerprint density at radius 3 is 2.53 bits per heavy atom. The van der Waals surface area contributed by atoms with Crippen LogP contribution in [0.1, 0.15) is 38.8 Å². The molecule has 5 heteroatoms. The molecule has 0 bridgehead atoms. The molecule has 0 aliphatic heterocycles. The summed E-state index contributed by atoms with van der Waals surface area (Å²) < 4.78 is 5.10. The second-order valence-corrected chi connectivity index (χ2v) is 7.70. The summed E-state index contributed by atoms with van der Waals surface area (Å²) in [5.74, 6) is -0.627. The van der Waals surface area contributed by atoms with Crippen molar-refractivity contribution in [2.45, 2.75) is 20.8 Å². The van der Waals surface area contributed by atoms with E-state index >= 15 is 0 Å².